The lowest BCUT2D eigenvalue weighted by atomic mass is 9.49. The first-order valence-electron chi connectivity index (χ1n) is 13.3. The maximum atomic E-state index is 14.5. The first-order valence-corrected chi connectivity index (χ1v) is 13.3. The van der Waals surface area contributed by atoms with E-state index < -0.39 is 29.9 Å². The Kier molecular flexibility index (Phi) is 6.56. The van der Waals surface area contributed by atoms with Crippen LogP contribution in [-0.4, -0.2) is 29.6 Å². The third-order valence-corrected chi connectivity index (χ3v) is 9.41. The predicted octanol–water partition coefficient (Wildman–Crippen LogP) is 5.16. The van der Waals surface area contributed by atoms with Gasteiger partial charge in [-0.25, -0.2) is 4.79 Å². The standard InChI is InChI=1S/C28H36F2O5/c1-2-27(21-13-17-12-18(15-21)16-22(27)14-17)35-23-10-8-20(9-11-23)25(31)34-24(28(29,30)26(32)33)19-6-4-3-5-7-19/h8-11,17-19,21-22,24H,2-7,12-16H2,1H3,(H,32,33)/p-1. The molecule has 0 aliphatic heterocycles. The lowest BCUT2D eigenvalue weighted by Gasteiger charge is -2.60. The summed E-state index contributed by atoms with van der Waals surface area (Å²) in [5, 5.41) is 11.2. The topological polar surface area (TPSA) is 75.7 Å². The Hall–Kier alpha value is -2.18. The first-order chi connectivity index (χ1) is 16.7. The molecule has 0 spiro atoms. The number of benzene rings is 1. The van der Waals surface area contributed by atoms with Crippen molar-refractivity contribution in [1.29, 1.82) is 0 Å². The average Bonchev–Trinajstić information content (AvgIpc) is 2.85. The van der Waals surface area contributed by atoms with Gasteiger partial charge >= 0.3 is 11.9 Å². The van der Waals surface area contributed by atoms with Gasteiger partial charge < -0.3 is 19.4 Å². The van der Waals surface area contributed by atoms with Crippen molar-refractivity contribution < 1.29 is 33.0 Å². The van der Waals surface area contributed by atoms with E-state index >= 15 is 0 Å². The van der Waals surface area contributed by atoms with Crippen LogP contribution in [0, 0.1) is 29.6 Å². The van der Waals surface area contributed by atoms with Crippen LogP contribution in [0.5, 0.6) is 5.75 Å². The molecule has 0 radical (unpaired) electrons. The molecule has 1 aromatic rings. The molecule has 0 heterocycles. The number of halogens is 2. The molecule has 5 aliphatic carbocycles. The molecule has 0 aromatic heterocycles. The van der Waals surface area contributed by atoms with Crippen LogP contribution in [0.25, 0.3) is 0 Å². The normalized spacial score (nSPS) is 33.3. The van der Waals surface area contributed by atoms with E-state index in [1.165, 1.54) is 44.2 Å². The second kappa shape index (κ2) is 9.36. The molecule has 0 amide bonds. The van der Waals surface area contributed by atoms with Gasteiger partial charge in [-0.05, 0) is 99.3 Å². The van der Waals surface area contributed by atoms with Gasteiger partial charge in [-0.2, -0.15) is 8.78 Å². The molecule has 192 valence electrons. The van der Waals surface area contributed by atoms with Crippen LogP contribution in [0.1, 0.15) is 87.9 Å². The molecule has 5 nitrogen and oxygen atoms in total. The highest BCUT2D eigenvalue weighted by molar-refractivity contribution is 5.90. The van der Waals surface area contributed by atoms with Crippen molar-refractivity contribution in [2.45, 2.75) is 95.2 Å². The summed E-state index contributed by atoms with van der Waals surface area (Å²) in [5.41, 5.74) is -0.0825. The summed E-state index contributed by atoms with van der Waals surface area (Å²) in [4.78, 5) is 23.9. The van der Waals surface area contributed by atoms with E-state index in [9.17, 15) is 23.5 Å². The molecule has 5 aliphatic rings. The maximum Gasteiger partial charge on any atom is 0.338 e. The van der Waals surface area contributed by atoms with E-state index in [2.05, 4.69) is 6.92 Å². The Labute approximate surface area is 205 Å². The Morgan fingerprint density at radius 3 is 2.09 bits per heavy atom. The number of alkyl halides is 2. The molecular formula is C28H35F2O5-. The molecule has 35 heavy (non-hydrogen) atoms. The van der Waals surface area contributed by atoms with Crippen LogP contribution in [0.4, 0.5) is 8.78 Å². The SMILES string of the molecule is CCC1(Oc2ccc(C(=O)OC(C3CCCCC3)C(F)(F)C(=O)[O-])cc2)C2CC3CC(C2)CC1C3. The van der Waals surface area contributed by atoms with Crippen molar-refractivity contribution in [1.82, 2.24) is 0 Å². The highest BCUT2D eigenvalue weighted by Gasteiger charge is 2.58. The Morgan fingerprint density at radius 2 is 1.57 bits per heavy atom. The van der Waals surface area contributed by atoms with E-state index in [1.54, 1.807) is 12.1 Å². The minimum Gasteiger partial charge on any atom is -0.544 e. The van der Waals surface area contributed by atoms with Crippen LogP contribution in [0.15, 0.2) is 24.3 Å². The van der Waals surface area contributed by atoms with Gasteiger partial charge in [0, 0.05) is 5.92 Å². The molecule has 1 atom stereocenters. The predicted molar refractivity (Wildman–Crippen MR) is 123 cm³/mol. The lowest BCUT2D eigenvalue weighted by Crippen LogP contribution is -2.60. The van der Waals surface area contributed by atoms with E-state index in [-0.39, 0.29) is 11.2 Å². The molecule has 0 saturated heterocycles. The molecular weight excluding hydrogens is 454 g/mol. The molecule has 5 saturated carbocycles. The Bertz CT molecular complexity index is 909. The van der Waals surface area contributed by atoms with Gasteiger partial charge in [-0.15, -0.1) is 0 Å². The van der Waals surface area contributed by atoms with Gasteiger partial charge in [0.25, 0.3) is 0 Å². The van der Waals surface area contributed by atoms with Crippen molar-refractivity contribution in [3.05, 3.63) is 29.8 Å². The highest BCUT2D eigenvalue weighted by atomic mass is 19.3. The maximum absolute atomic E-state index is 14.5. The summed E-state index contributed by atoms with van der Waals surface area (Å²) in [5.74, 6) is -4.98. The summed E-state index contributed by atoms with van der Waals surface area (Å²) in [6, 6.07) is 6.44. The molecule has 5 fully saturated rings. The zero-order valence-electron chi connectivity index (χ0n) is 20.3. The third-order valence-electron chi connectivity index (χ3n) is 9.41. The molecule has 1 unspecified atom stereocenters. The van der Waals surface area contributed by atoms with Crippen molar-refractivity contribution in [3.63, 3.8) is 0 Å². The smallest absolute Gasteiger partial charge is 0.338 e. The van der Waals surface area contributed by atoms with Crippen LogP contribution in [-0.2, 0) is 9.53 Å². The fourth-order valence-corrected chi connectivity index (χ4v) is 7.88. The average molecular weight is 490 g/mol. The number of ether oxygens (including phenoxy) is 2. The van der Waals surface area contributed by atoms with E-state index in [0.29, 0.717) is 43.3 Å². The highest BCUT2D eigenvalue weighted by Crippen LogP contribution is 2.60. The number of hydrogen-bond acceptors (Lipinski definition) is 5. The van der Waals surface area contributed by atoms with Gasteiger partial charge in [0.05, 0.1) is 5.56 Å². The van der Waals surface area contributed by atoms with Gasteiger partial charge in [0.15, 0.2) is 6.10 Å². The van der Waals surface area contributed by atoms with Crippen molar-refractivity contribution in [2.24, 2.45) is 29.6 Å². The summed E-state index contributed by atoms with van der Waals surface area (Å²) in [6.45, 7) is 2.19. The number of aliphatic carboxylic acids is 1. The number of carboxylic acid groups (broad SMARTS) is 1. The molecule has 4 bridgehead atoms. The Morgan fingerprint density at radius 1 is 1.00 bits per heavy atom. The molecule has 0 N–H and O–H groups in total. The zero-order valence-corrected chi connectivity index (χ0v) is 20.3. The molecule has 6 rings (SSSR count). The second-order valence-corrected chi connectivity index (χ2v) is 11.4. The van der Waals surface area contributed by atoms with Gasteiger partial charge in [-0.1, -0.05) is 26.2 Å². The van der Waals surface area contributed by atoms with Crippen molar-refractivity contribution in [2.75, 3.05) is 0 Å². The monoisotopic (exact) mass is 489 g/mol. The number of rotatable bonds is 8. The Balaban J connectivity index is 1.30. The zero-order chi connectivity index (χ0) is 24.8. The number of hydrogen-bond donors (Lipinski definition) is 0. The number of carbonyl (C=O) groups excluding carboxylic acids is 2. The van der Waals surface area contributed by atoms with E-state index in [4.69, 9.17) is 9.47 Å². The fraction of sp³-hybridized carbons (Fsp3) is 0.714. The summed E-state index contributed by atoms with van der Waals surface area (Å²) >= 11 is 0. The van der Waals surface area contributed by atoms with Crippen molar-refractivity contribution in [3.8, 4) is 5.75 Å². The summed E-state index contributed by atoms with van der Waals surface area (Å²) in [6.07, 6.45) is 8.27. The van der Waals surface area contributed by atoms with Crippen LogP contribution in [0.3, 0.4) is 0 Å². The lowest BCUT2D eigenvalue weighted by molar-refractivity contribution is -0.337. The first kappa shape index (κ1) is 24.5. The minimum atomic E-state index is -4.24. The summed E-state index contributed by atoms with van der Waals surface area (Å²) in [7, 11) is 0. The van der Waals surface area contributed by atoms with Crippen LogP contribution in [0.2, 0.25) is 0 Å². The van der Waals surface area contributed by atoms with E-state index in [0.717, 1.165) is 24.7 Å². The number of esters is 1. The minimum absolute atomic E-state index is 0.0999. The third kappa shape index (κ3) is 4.44. The van der Waals surface area contributed by atoms with Gasteiger partial charge in [0.1, 0.15) is 17.3 Å². The molecule has 7 heteroatoms. The van der Waals surface area contributed by atoms with Crippen molar-refractivity contribution >= 4 is 11.9 Å². The summed E-state index contributed by atoms with van der Waals surface area (Å²) < 4.78 is 40.7. The van der Waals surface area contributed by atoms with E-state index in [1.807, 2.05) is 0 Å². The largest absolute Gasteiger partial charge is 0.544 e. The van der Waals surface area contributed by atoms with Crippen LogP contribution < -0.4 is 9.84 Å². The van der Waals surface area contributed by atoms with Crippen LogP contribution >= 0.6 is 0 Å². The fourth-order valence-electron chi connectivity index (χ4n) is 7.88. The second-order valence-electron chi connectivity index (χ2n) is 11.4. The van der Waals surface area contributed by atoms with Gasteiger partial charge in [0.2, 0.25) is 0 Å². The number of carbonyl (C=O) groups is 2. The quantitative estimate of drug-likeness (QED) is 0.472. The number of carboxylic acids is 1. The van der Waals surface area contributed by atoms with Gasteiger partial charge in [-0.3, -0.25) is 0 Å². The molecule has 1 aromatic carbocycles.